The van der Waals surface area contributed by atoms with E-state index in [9.17, 15) is 4.79 Å². The Hall–Kier alpha value is -1.14. The van der Waals surface area contributed by atoms with Crippen molar-refractivity contribution >= 4 is 17.6 Å². The van der Waals surface area contributed by atoms with E-state index in [0.29, 0.717) is 5.02 Å². The van der Waals surface area contributed by atoms with E-state index >= 15 is 0 Å². The number of carbonyl (C=O) groups is 1. The second-order valence-corrected chi connectivity index (χ2v) is 7.22. The molecule has 5 nitrogen and oxygen atoms in total. The van der Waals surface area contributed by atoms with Crippen molar-refractivity contribution in [1.82, 2.24) is 9.80 Å². The Morgan fingerprint density at radius 2 is 2.00 bits per heavy atom. The number of methoxy groups -OCH3 is 1. The average molecular weight is 340 g/mol. The quantitative estimate of drug-likeness (QED) is 0.830. The van der Waals surface area contributed by atoms with Gasteiger partial charge in [0.05, 0.1) is 7.11 Å². The lowest BCUT2D eigenvalue weighted by Crippen LogP contribution is -2.54. The van der Waals surface area contributed by atoms with E-state index in [1.165, 1.54) is 7.11 Å². The van der Waals surface area contributed by atoms with Gasteiger partial charge < -0.3 is 10.5 Å². The predicted octanol–water partition coefficient (Wildman–Crippen LogP) is 1.91. The highest BCUT2D eigenvalue weighted by Crippen LogP contribution is 2.26. The van der Waals surface area contributed by atoms with Crippen LogP contribution in [-0.4, -0.2) is 61.1 Å². The summed E-state index contributed by atoms with van der Waals surface area (Å²) in [4.78, 5) is 16.8. The molecule has 6 heteroatoms. The Morgan fingerprint density at radius 1 is 1.35 bits per heavy atom. The number of carbonyl (C=O) groups excluding carboxylic acids is 1. The molecule has 2 rings (SSSR count). The first kappa shape index (κ1) is 18.2. The highest BCUT2D eigenvalue weighted by Gasteiger charge is 2.32. The monoisotopic (exact) mass is 339 g/mol. The zero-order valence-electron chi connectivity index (χ0n) is 14.1. The SMILES string of the molecule is COC(=O)C(c1cccc(Cl)c1)N1CCN(CC(C)(C)N)CC1. The van der Waals surface area contributed by atoms with Gasteiger partial charge in [0.2, 0.25) is 0 Å². The lowest BCUT2D eigenvalue weighted by Gasteiger charge is -2.40. The van der Waals surface area contributed by atoms with Crippen molar-refractivity contribution in [1.29, 1.82) is 0 Å². The fourth-order valence-electron chi connectivity index (χ4n) is 3.04. The Bertz CT molecular complexity index is 537. The van der Waals surface area contributed by atoms with Crippen LogP contribution in [0, 0.1) is 0 Å². The van der Waals surface area contributed by atoms with Crippen molar-refractivity contribution < 1.29 is 9.53 Å². The Morgan fingerprint density at radius 3 is 2.52 bits per heavy atom. The van der Waals surface area contributed by atoms with Gasteiger partial charge in [-0.25, -0.2) is 4.79 Å². The summed E-state index contributed by atoms with van der Waals surface area (Å²) in [5, 5.41) is 0.625. The number of nitrogens with zero attached hydrogens (tertiary/aromatic N) is 2. The number of halogens is 1. The summed E-state index contributed by atoms with van der Waals surface area (Å²) in [5.41, 5.74) is 6.75. The van der Waals surface area contributed by atoms with E-state index in [1.54, 1.807) is 6.07 Å². The zero-order valence-corrected chi connectivity index (χ0v) is 14.8. The zero-order chi connectivity index (χ0) is 17.0. The molecule has 0 saturated carbocycles. The molecular formula is C17H26ClN3O2. The molecule has 1 fully saturated rings. The van der Waals surface area contributed by atoms with Crippen LogP contribution in [0.2, 0.25) is 5.02 Å². The summed E-state index contributed by atoms with van der Waals surface area (Å²) in [6, 6.07) is 7.01. The van der Waals surface area contributed by atoms with E-state index in [2.05, 4.69) is 9.80 Å². The fraction of sp³-hybridized carbons (Fsp3) is 0.588. The van der Waals surface area contributed by atoms with Gasteiger partial charge in [0, 0.05) is 43.3 Å². The maximum atomic E-state index is 12.3. The van der Waals surface area contributed by atoms with Crippen LogP contribution in [0.3, 0.4) is 0 Å². The standard InChI is InChI=1S/C17H26ClN3O2/c1-17(2,19)12-20-7-9-21(10-8-20)15(16(22)23-3)13-5-4-6-14(18)11-13/h4-6,11,15H,7-10,12,19H2,1-3H3. The van der Waals surface area contributed by atoms with E-state index in [4.69, 9.17) is 22.1 Å². The second kappa shape index (κ2) is 7.62. The first-order valence-corrected chi connectivity index (χ1v) is 8.26. The number of benzene rings is 1. The van der Waals surface area contributed by atoms with Gasteiger partial charge in [-0.15, -0.1) is 0 Å². The van der Waals surface area contributed by atoms with Crippen molar-refractivity contribution in [3.63, 3.8) is 0 Å². The van der Waals surface area contributed by atoms with Gasteiger partial charge in [-0.05, 0) is 31.5 Å². The minimum atomic E-state index is -0.410. The van der Waals surface area contributed by atoms with Gasteiger partial charge in [-0.2, -0.15) is 0 Å². The second-order valence-electron chi connectivity index (χ2n) is 6.78. The molecule has 1 aromatic rings. The summed E-state index contributed by atoms with van der Waals surface area (Å²) in [5.74, 6) is -0.250. The van der Waals surface area contributed by atoms with Gasteiger partial charge in [0.15, 0.2) is 0 Å². The molecule has 1 saturated heterocycles. The molecule has 2 N–H and O–H groups in total. The molecule has 1 heterocycles. The summed E-state index contributed by atoms with van der Waals surface area (Å²) in [6.07, 6.45) is 0. The van der Waals surface area contributed by atoms with E-state index < -0.39 is 6.04 Å². The number of hydrogen-bond donors (Lipinski definition) is 1. The molecule has 23 heavy (non-hydrogen) atoms. The maximum Gasteiger partial charge on any atom is 0.327 e. The first-order chi connectivity index (χ1) is 10.8. The minimum absolute atomic E-state index is 0.211. The Kier molecular flexibility index (Phi) is 6.03. The number of nitrogens with two attached hydrogens (primary N) is 1. The highest BCUT2D eigenvalue weighted by molar-refractivity contribution is 6.30. The van der Waals surface area contributed by atoms with E-state index in [0.717, 1.165) is 38.3 Å². The Balaban J connectivity index is 2.09. The smallest absolute Gasteiger partial charge is 0.327 e. The summed E-state index contributed by atoms with van der Waals surface area (Å²) in [6.45, 7) is 8.26. The van der Waals surface area contributed by atoms with Gasteiger partial charge in [-0.3, -0.25) is 9.80 Å². The van der Waals surface area contributed by atoms with Crippen LogP contribution in [0.4, 0.5) is 0 Å². The number of rotatable bonds is 5. The lowest BCUT2D eigenvalue weighted by atomic mass is 10.0. The summed E-state index contributed by atoms with van der Waals surface area (Å²) >= 11 is 6.08. The van der Waals surface area contributed by atoms with Crippen LogP contribution >= 0.6 is 11.6 Å². The van der Waals surface area contributed by atoms with Crippen molar-refractivity contribution in [2.75, 3.05) is 39.8 Å². The average Bonchev–Trinajstić information content (AvgIpc) is 2.47. The molecule has 0 bridgehead atoms. The van der Waals surface area contributed by atoms with Crippen molar-refractivity contribution in [3.05, 3.63) is 34.9 Å². The number of esters is 1. The van der Waals surface area contributed by atoms with Crippen LogP contribution in [0.15, 0.2) is 24.3 Å². The topological polar surface area (TPSA) is 58.8 Å². The maximum absolute atomic E-state index is 12.3. The van der Waals surface area contributed by atoms with Crippen LogP contribution < -0.4 is 5.73 Å². The molecule has 1 unspecified atom stereocenters. The molecule has 1 aliphatic heterocycles. The normalized spacial score (nSPS) is 18.7. The third-order valence-electron chi connectivity index (χ3n) is 3.99. The third-order valence-corrected chi connectivity index (χ3v) is 4.23. The molecule has 0 aliphatic carbocycles. The molecule has 1 aromatic carbocycles. The van der Waals surface area contributed by atoms with Crippen molar-refractivity contribution in [2.24, 2.45) is 5.73 Å². The van der Waals surface area contributed by atoms with Gasteiger partial charge >= 0.3 is 5.97 Å². The first-order valence-electron chi connectivity index (χ1n) is 7.89. The molecular weight excluding hydrogens is 314 g/mol. The number of ether oxygens (including phenoxy) is 1. The largest absolute Gasteiger partial charge is 0.468 e. The van der Waals surface area contributed by atoms with Gasteiger partial charge in [-0.1, -0.05) is 23.7 Å². The molecule has 1 aliphatic rings. The van der Waals surface area contributed by atoms with E-state index in [1.807, 2.05) is 32.0 Å². The predicted molar refractivity (Wildman–Crippen MR) is 92.5 cm³/mol. The lowest BCUT2D eigenvalue weighted by molar-refractivity contribution is -0.148. The van der Waals surface area contributed by atoms with E-state index in [-0.39, 0.29) is 11.5 Å². The number of hydrogen-bond acceptors (Lipinski definition) is 5. The molecule has 1 atom stereocenters. The van der Waals surface area contributed by atoms with Crippen LogP contribution in [0.1, 0.15) is 25.5 Å². The summed E-state index contributed by atoms with van der Waals surface area (Å²) < 4.78 is 5.01. The molecule has 128 valence electrons. The van der Waals surface area contributed by atoms with Crippen molar-refractivity contribution in [3.8, 4) is 0 Å². The fourth-order valence-corrected chi connectivity index (χ4v) is 3.24. The molecule has 0 amide bonds. The summed E-state index contributed by atoms with van der Waals surface area (Å²) in [7, 11) is 1.42. The van der Waals surface area contributed by atoms with Crippen LogP contribution in [0.5, 0.6) is 0 Å². The van der Waals surface area contributed by atoms with Crippen LogP contribution in [-0.2, 0) is 9.53 Å². The third kappa shape index (κ3) is 5.18. The highest BCUT2D eigenvalue weighted by atomic mass is 35.5. The molecule has 0 radical (unpaired) electrons. The minimum Gasteiger partial charge on any atom is -0.468 e. The number of piperazine rings is 1. The van der Waals surface area contributed by atoms with Crippen molar-refractivity contribution in [2.45, 2.75) is 25.4 Å². The van der Waals surface area contributed by atoms with Crippen LogP contribution in [0.25, 0.3) is 0 Å². The Labute approximate surface area is 143 Å². The van der Waals surface area contributed by atoms with Gasteiger partial charge in [0.25, 0.3) is 0 Å². The molecule has 0 spiro atoms. The molecule has 0 aromatic heterocycles. The van der Waals surface area contributed by atoms with Gasteiger partial charge in [0.1, 0.15) is 6.04 Å².